The van der Waals surface area contributed by atoms with Crippen LogP contribution in [0.5, 0.6) is 11.5 Å². The minimum Gasteiger partial charge on any atom is -0.481 e. The fourth-order valence-corrected chi connectivity index (χ4v) is 5.13. The van der Waals surface area contributed by atoms with Gasteiger partial charge in [-0.1, -0.05) is 39.7 Å². The van der Waals surface area contributed by atoms with Crippen molar-refractivity contribution < 1.29 is 19.1 Å². The van der Waals surface area contributed by atoms with E-state index in [9.17, 15) is 9.59 Å². The Bertz CT molecular complexity index is 1150. The normalized spacial score (nSPS) is 10.8. The molecule has 0 fully saturated rings. The lowest BCUT2D eigenvalue weighted by molar-refractivity contribution is -0.123. The van der Waals surface area contributed by atoms with Crippen molar-refractivity contribution in [2.75, 3.05) is 6.61 Å². The highest BCUT2D eigenvalue weighted by Gasteiger charge is 2.12. The lowest BCUT2D eigenvalue weighted by Crippen LogP contribution is -2.24. The number of benzene rings is 3. The maximum absolute atomic E-state index is 12.2. The summed E-state index contributed by atoms with van der Waals surface area (Å²) in [5.74, 6) is -0.106. The van der Waals surface area contributed by atoms with Crippen molar-refractivity contribution in [1.29, 1.82) is 0 Å². The van der Waals surface area contributed by atoms with Gasteiger partial charge < -0.3 is 9.47 Å². The lowest BCUT2D eigenvalue weighted by Gasteiger charge is -2.09. The third-order valence-electron chi connectivity index (χ3n) is 3.90. The maximum Gasteiger partial charge on any atom is 0.345 e. The van der Waals surface area contributed by atoms with E-state index in [-0.39, 0.29) is 12.2 Å². The van der Waals surface area contributed by atoms with Gasteiger partial charge in [-0.3, -0.25) is 4.79 Å². The molecule has 0 radical (unpaired) electrons. The highest BCUT2D eigenvalue weighted by atomic mass is 79.9. The molecule has 0 spiro atoms. The second-order valence-corrected chi connectivity index (χ2v) is 9.25. The first kappa shape index (κ1) is 24.4. The molecule has 10 heteroatoms. The number of carbonyl (C=O) groups is 2. The number of hydrogen-bond acceptors (Lipinski definition) is 5. The summed E-state index contributed by atoms with van der Waals surface area (Å²) in [6.45, 7) is -0.215. The smallest absolute Gasteiger partial charge is 0.345 e. The van der Waals surface area contributed by atoms with Gasteiger partial charge in [0.25, 0.3) is 5.91 Å². The molecule has 6 nitrogen and oxygen atoms in total. The summed E-state index contributed by atoms with van der Waals surface area (Å²) in [7, 11) is 0. The minimum absolute atomic E-state index is 0.215. The first-order valence-electron chi connectivity index (χ1n) is 8.99. The summed E-state index contributed by atoms with van der Waals surface area (Å²) < 4.78 is 13.1. The third-order valence-corrected chi connectivity index (χ3v) is 5.86. The molecule has 3 aromatic rings. The molecule has 1 N–H and O–H groups in total. The average Bonchev–Trinajstić information content (AvgIpc) is 2.74. The van der Waals surface area contributed by atoms with Gasteiger partial charge in [0.05, 0.1) is 25.7 Å². The van der Waals surface area contributed by atoms with Crippen molar-refractivity contribution in [3.8, 4) is 11.5 Å². The summed E-state index contributed by atoms with van der Waals surface area (Å²) >= 11 is 16.1. The molecule has 0 aliphatic rings. The quantitative estimate of drug-likeness (QED) is 0.140. The zero-order valence-corrected chi connectivity index (χ0v) is 21.7. The number of hydrazone groups is 1. The highest BCUT2D eigenvalue weighted by Crippen LogP contribution is 2.36. The van der Waals surface area contributed by atoms with Gasteiger partial charge >= 0.3 is 5.97 Å². The van der Waals surface area contributed by atoms with E-state index < -0.39 is 11.9 Å². The summed E-state index contributed by atoms with van der Waals surface area (Å²) in [5.41, 5.74) is 3.37. The number of halogens is 4. The second kappa shape index (κ2) is 11.6. The van der Waals surface area contributed by atoms with E-state index in [0.717, 1.165) is 4.47 Å². The van der Waals surface area contributed by atoms with E-state index in [1.165, 1.54) is 6.21 Å². The van der Waals surface area contributed by atoms with Crippen LogP contribution < -0.4 is 14.9 Å². The molecular weight excluding hydrogens is 631 g/mol. The number of rotatable bonds is 7. The number of hydrogen-bond donors (Lipinski definition) is 1. The Morgan fingerprint density at radius 2 is 1.66 bits per heavy atom. The van der Waals surface area contributed by atoms with Crippen molar-refractivity contribution in [3.63, 3.8) is 0 Å². The van der Waals surface area contributed by atoms with Crippen molar-refractivity contribution >= 4 is 77.5 Å². The van der Waals surface area contributed by atoms with E-state index in [4.69, 9.17) is 21.1 Å². The van der Waals surface area contributed by atoms with Crippen LogP contribution in [0.15, 0.2) is 79.2 Å². The standard InChI is InChI=1S/C22H14Br3ClN2O4/c23-14-9-17(24)21(18(25)10-14)31-12-20(29)28-27-11-13-5-7-15(8-6-13)32-22(30)16-3-1-2-4-19(16)26/h1-11H,12H2,(H,28,29)/b27-11-. The highest BCUT2D eigenvalue weighted by molar-refractivity contribution is 9.11. The van der Waals surface area contributed by atoms with Crippen LogP contribution in [0.1, 0.15) is 15.9 Å². The SMILES string of the molecule is O=C(COc1c(Br)cc(Br)cc1Br)N/N=C\c1ccc(OC(=O)c2ccccc2Cl)cc1. The zero-order chi connectivity index (χ0) is 23.1. The average molecular weight is 646 g/mol. The Balaban J connectivity index is 1.50. The molecule has 3 rings (SSSR count). The van der Waals surface area contributed by atoms with Gasteiger partial charge in [-0.2, -0.15) is 5.10 Å². The molecule has 32 heavy (non-hydrogen) atoms. The van der Waals surface area contributed by atoms with Crippen LogP contribution in [0.25, 0.3) is 0 Å². The first-order valence-corrected chi connectivity index (χ1v) is 11.7. The number of carbonyl (C=O) groups excluding carboxylic acids is 2. The molecule has 0 aromatic heterocycles. The van der Waals surface area contributed by atoms with Crippen molar-refractivity contribution in [2.24, 2.45) is 5.10 Å². The van der Waals surface area contributed by atoms with Gasteiger partial charge in [0, 0.05) is 4.47 Å². The summed E-state index contributed by atoms with van der Waals surface area (Å²) in [5, 5.41) is 4.22. The molecule has 164 valence electrons. The molecule has 1 amide bonds. The van der Waals surface area contributed by atoms with Crippen LogP contribution >= 0.6 is 59.4 Å². The van der Waals surface area contributed by atoms with Gasteiger partial charge in [0.15, 0.2) is 6.61 Å². The fourth-order valence-electron chi connectivity index (χ4n) is 2.43. The molecule has 0 heterocycles. The molecular formula is C22H14Br3ClN2O4. The number of nitrogens with zero attached hydrogens (tertiary/aromatic N) is 1. The van der Waals surface area contributed by atoms with E-state index in [1.807, 2.05) is 12.1 Å². The Hall–Kier alpha value is -2.20. The molecule has 0 saturated heterocycles. The molecule has 0 atom stereocenters. The van der Waals surface area contributed by atoms with E-state index in [0.29, 0.717) is 31.0 Å². The number of esters is 1. The molecule has 3 aromatic carbocycles. The number of amides is 1. The largest absolute Gasteiger partial charge is 0.481 e. The lowest BCUT2D eigenvalue weighted by atomic mass is 10.2. The predicted molar refractivity (Wildman–Crippen MR) is 134 cm³/mol. The van der Waals surface area contributed by atoms with Crippen LogP contribution in [0, 0.1) is 0 Å². The van der Waals surface area contributed by atoms with E-state index in [2.05, 4.69) is 58.3 Å². The molecule has 0 unspecified atom stereocenters. The number of ether oxygens (including phenoxy) is 2. The van der Waals surface area contributed by atoms with Crippen molar-refractivity contribution in [3.05, 3.63) is 90.2 Å². The molecule has 0 aliphatic heterocycles. The first-order chi connectivity index (χ1) is 15.3. The maximum atomic E-state index is 12.2. The Morgan fingerprint density at radius 3 is 2.31 bits per heavy atom. The fraction of sp³-hybridized carbons (Fsp3) is 0.0455. The van der Waals surface area contributed by atoms with Gasteiger partial charge in [0.2, 0.25) is 0 Å². The summed E-state index contributed by atoms with van der Waals surface area (Å²) in [4.78, 5) is 24.2. The monoisotopic (exact) mass is 642 g/mol. The predicted octanol–water partition coefficient (Wildman–Crippen LogP) is 6.38. The van der Waals surface area contributed by atoms with Gasteiger partial charge in [-0.15, -0.1) is 0 Å². The van der Waals surface area contributed by atoms with E-state index in [1.54, 1.807) is 48.5 Å². The molecule has 0 aliphatic carbocycles. The second-order valence-electron chi connectivity index (χ2n) is 6.22. The van der Waals surface area contributed by atoms with E-state index >= 15 is 0 Å². The van der Waals surface area contributed by atoms with Crippen LogP contribution in [0.4, 0.5) is 0 Å². The van der Waals surface area contributed by atoms with Crippen LogP contribution in [0.2, 0.25) is 5.02 Å². The van der Waals surface area contributed by atoms with Gasteiger partial charge in [-0.05, 0) is 86.0 Å². The van der Waals surface area contributed by atoms with Crippen molar-refractivity contribution in [1.82, 2.24) is 5.43 Å². The Morgan fingerprint density at radius 1 is 1.00 bits per heavy atom. The topological polar surface area (TPSA) is 77.0 Å². The number of nitrogens with one attached hydrogen (secondary N) is 1. The Labute approximate surface area is 214 Å². The van der Waals surface area contributed by atoms with Crippen LogP contribution in [0.3, 0.4) is 0 Å². The summed E-state index contributed by atoms with van der Waals surface area (Å²) in [6.07, 6.45) is 1.46. The van der Waals surface area contributed by atoms with Gasteiger partial charge in [-0.25, -0.2) is 10.2 Å². The summed E-state index contributed by atoms with van der Waals surface area (Å²) in [6, 6.07) is 16.9. The third kappa shape index (κ3) is 6.90. The van der Waals surface area contributed by atoms with Crippen molar-refractivity contribution in [2.45, 2.75) is 0 Å². The Kier molecular flexibility index (Phi) is 8.86. The molecule has 0 bridgehead atoms. The van der Waals surface area contributed by atoms with Crippen LogP contribution in [-0.4, -0.2) is 24.7 Å². The molecule has 0 saturated carbocycles. The zero-order valence-electron chi connectivity index (χ0n) is 16.2. The minimum atomic E-state index is -0.548. The van der Waals surface area contributed by atoms with Gasteiger partial charge in [0.1, 0.15) is 11.5 Å². The van der Waals surface area contributed by atoms with Crippen LogP contribution in [-0.2, 0) is 4.79 Å².